The van der Waals surface area contributed by atoms with Crippen molar-refractivity contribution in [3.05, 3.63) is 53.0 Å². The third-order valence-electron chi connectivity index (χ3n) is 7.46. The van der Waals surface area contributed by atoms with Crippen LogP contribution in [-0.4, -0.2) is 35.0 Å². The Hall–Kier alpha value is -2.60. The molecule has 3 aliphatic rings. The monoisotopic (exact) mass is 450 g/mol. The predicted octanol–water partition coefficient (Wildman–Crippen LogP) is 5.32. The number of hydrogen-bond donors (Lipinski definition) is 1. The molecule has 6 rings (SSSR count). The molecule has 3 aromatic rings. The Morgan fingerprint density at radius 1 is 1.09 bits per heavy atom. The SMILES string of the molecule is O=C(NC1CC2(C1)CC(c1nc3cc(Cl)ccc3o1)C2)c1ccnc(N2CCCCC2)c1. The maximum Gasteiger partial charge on any atom is 0.251 e. The minimum absolute atomic E-state index is 0.0113. The van der Waals surface area contributed by atoms with Crippen molar-refractivity contribution in [2.75, 3.05) is 18.0 Å². The van der Waals surface area contributed by atoms with Crippen molar-refractivity contribution < 1.29 is 9.21 Å². The molecule has 3 heterocycles. The molecule has 1 saturated heterocycles. The van der Waals surface area contributed by atoms with E-state index in [-0.39, 0.29) is 11.9 Å². The summed E-state index contributed by atoms with van der Waals surface area (Å²) in [7, 11) is 0. The molecule has 6 nitrogen and oxygen atoms in total. The fourth-order valence-electron chi connectivity index (χ4n) is 5.80. The molecule has 1 aromatic carbocycles. The van der Waals surface area contributed by atoms with E-state index in [1.807, 2.05) is 30.3 Å². The Bertz CT molecular complexity index is 1160. The van der Waals surface area contributed by atoms with Crippen molar-refractivity contribution in [3.8, 4) is 0 Å². The van der Waals surface area contributed by atoms with E-state index in [1.54, 1.807) is 6.20 Å². The molecule has 2 aliphatic carbocycles. The second-order valence-corrected chi connectivity index (χ2v) is 10.2. The van der Waals surface area contributed by atoms with Crippen molar-refractivity contribution in [2.45, 2.75) is 56.9 Å². The van der Waals surface area contributed by atoms with Gasteiger partial charge in [-0.15, -0.1) is 0 Å². The van der Waals surface area contributed by atoms with Gasteiger partial charge in [0.2, 0.25) is 0 Å². The summed E-state index contributed by atoms with van der Waals surface area (Å²) in [6.45, 7) is 2.05. The van der Waals surface area contributed by atoms with E-state index in [1.165, 1.54) is 19.3 Å². The fraction of sp³-hybridized carbons (Fsp3) is 0.480. The molecule has 2 saturated carbocycles. The number of oxazole rings is 1. The number of hydrogen-bond acceptors (Lipinski definition) is 5. The molecule has 0 radical (unpaired) electrons. The molecule has 7 heteroatoms. The largest absolute Gasteiger partial charge is 0.440 e. The number of aromatic nitrogens is 2. The maximum atomic E-state index is 12.8. The van der Waals surface area contributed by atoms with Crippen molar-refractivity contribution in [1.82, 2.24) is 15.3 Å². The van der Waals surface area contributed by atoms with Crippen LogP contribution < -0.4 is 10.2 Å². The summed E-state index contributed by atoms with van der Waals surface area (Å²) < 4.78 is 5.95. The summed E-state index contributed by atoms with van der Waals surface area (Å²) in [5.74, 6) is 2.12. The lowest BCUT2D eigenvalue weighted by Gasteiger charge is -2.57. The number of pyridine rings is 1. The summed E-state index contributed by atoms with van der Waals surface area (Å²) in [5.41, 5.74) is 2.66. The summed E-state index contributed by atoms with van der Waals surface area (Å²) in [6.07, 6.45) is 9.65. The summed E-state index contributed by atoms with van der Waals surface area (Å²) >= 11 is 6.06. The van der Waals surface area contributed by atoms with E-state index in [0.717, 1.165) is 61.6 Å². The molecule has 0 unspecified atom stereocenters. The van der Waals surface area contributed by atoms with Crippen molar-refractivity contribution in [2.24, 2.45) is 5.41 Å². The van der Waals surface area contributed by atoms with E-state index in [9.17, 15) is 4.79 Å². The minimum Gasteiger partial charge on any atom is -0.440 e. The molecule has 1 amide bonds. The number of nitrogens with one attached hydrogen (secondary N) is 1. The molecule has 166 valence electrons. The highest BCUT2D eigenvalue weighted by molar-refractivity contribution is 6.31. The van der Waals surface area contributed by atoms with Gasteiger partial charge >= 0.3 is 0 Å². The number of fused-ring (bicyclic) bond motifs is 1. The van der Waals surface area contributed by atoms with Crippen LogP contribution >= 0.6 is 11.6 Å². The number of carbonyl (C=O) groups excluding carboxylic acids is 1. The van der Waals surface area contributed by atoms with Gasteiger partial charge < -0.3 is 14.6 Å². The molecule has 3 fully saturated rings. The van der Waals surface area contributed by atoms with Gasteiger partial charge in [-0.1, -0.05) is 11.6 Å². The van der Waals surface area contributed by atoms with Crippen LogP contribution in [0.4, 0.5) is 5.82 Å². The van der Waals surface area contributed by atoms with Crippen LogP contribution in [0.5, 0.6) is 0 Å². The van der Waals surface area contributed by atoms with Crippen LogP contribution in [0.2, 0.25) is 5.02 Å². The third kappa shape index (κ3) is 3.64. The molecule has 2 aromatic heterocycles. The average molecular weight is 451 g/mol. The first-order valence-corrected chi connectivity index (χ1v) is 12.0. The van der Waals surface area contributed by atoms with Gasteiger partial charge in [0, 0.05) is 41.8 Å². The number of halogens is 1. The Morgan fingerprint density at radius 3 is 2.72 bits per heavy atom. The fourth-order valence-corrected chi connectivity index (χ4v) is 5.96. The zero-order chi connectivity index (χ0) is 21.7. The number of amides is 1. The highest BCUT2D eigenvalue weighted by Gasteiger charge is 2.54. The number of piperidine rings is 1. The van der Waals surface area contributed by atoms with E-state index in [0.29, 0.717) is 21.9 Å². The topological polar surface area (TPSA) is 71.3 Å². The van der Waals surface area contributed by atoms with Crippen LogP contribution in [-0.2, 0) is 0 Å². The van der Waals surface area contributed by atoms with Crippen LogP contribution in [0.25, 0.3) is 11.1 Å². The number of anilines is 1. The first-order valence-electron chi connectivity index (χ1n) is 11.6. The highest BCUT2D eigenvalue weighted by Crippen LogP contribution is 2.61. The Balaban J connectivity index is 1.03. The van der Waals surface area contributed by atoms with Crippen molar-refractivity contribution in [1.29, 1.82) is 0 Å². The van der Waals surface area contributed by atoms with Crippen molar-refractivity contribution in [3.63, 3.8) is 0 Å². The second-order valence-electron chi connectivity index (χ2n) is 9.80. The van der Waals surface area contributed by atoms with Crippen LogP contribution in [0.1, 0.15) is 67.1 Å². The lowest BCUT2D eigenvalue weighted by Crippen LogP contribution is -2.55. The molecular weight excluding hydrogens is 424 g/mol. The van der Waals surface area contributed by atoms with Gasteiger partial charge in [-0.3, -0.25) is 4.79 Å². The number of benzene rings is 1. The quantitative estimate of drug-likeness (QED) is 0.582. The molecular formula is C25H27ClN4O2. The Kier molecular flexibility index (Phi) is 4.86. The van der Waals surface area contributed by atoms with Gasteiger partial charge in [0.15, 0.2) is 11.5 Å². The zero-order valence-electron chi connectivity index (χ0n) is 18.0. The van der Waals surface area contributed by atoms with Crippen LogP contribution in [0.3, 0.4) is 0 Å². The van der Waals surface area contributed by atoms with E-state index in [4.69, 9.17) is 16.0 Å². The van der Waals surface area contributed by atoms with Crippen LogP contribution in [0.15, 0.2) is 40.9 Å². The average Bonchev–Trinajstić information content (AvgIpc) is 3.17. The van der Waals surface area contributed by atoms with E-state index in [2.05, 4.69) is 20.2 Å². The van der Waals surface area contributed by atoms with Gasteiger partial charge in [-0.05, 0) is 80.7 Å². The second kappa shape index (κ2) is 7.77. The minimum atomic E-state index is 0.0113. The molecule has 1 N–H and O–H groups in total. The standard InChI is InChI=1S/C25H27ClN4O2/c26-18-4-5-21-20(11-18)29-24(32-21)17-12-25(13-17)14-19(15-25)28-23(31)16-6-7-27-22(10-16)30-8-2-1-3-9-30/h4-7,10-11,17,19H,1-3,8-9,12-15H2,(H,28,31). The Morgan fingerprint density at radius 2 is 1.91 bits per heavy atom. The summed E-state index contributed by atoms with van der Waals surface area (Å²) in [4.78, 5) is 24.2. The number of rotatable bonds is 4. The smallest absolute Gasteiger partial charge is 0.251 e. The van der Waals surface area contributed by atoms with Crippen molar-refractivity contribution >= 4 is 34.4 Å². The normalized spacial score (nSPS) is 27.2. The van der Waals surface area contributed by atoms with Gasteiger partial charge in [0.25, 0.3) is 5.91 Å². The first-order chi connectivity index (χ1) is 15.6. The highest BCUT2D eigenvalue weighted by atomic mass is 35.5. The van der Waals surface area contributed by atoms with Gasteiger partial charge in [0.05, 0.1) is 0 Å². The van der Waals surface area contributed by atoms with Gasteiger partial charge in [0.1, 0.15) is 11.3 Å². The zero-order valence-corrected chi connectivity index (χ0v) is 18.8. The lowest BCUT2D eigenvalue weighted by molar-refractivity contribution is -0.0253. The predicted molar refractivity (Wildman–Crippen MR) is 124 cm³/mol. The molecule has 32 heavy (non-hydrogen) atoms. The maximum absolute atomic E-state index is 12.8. The van der Waals surface area contributed by atoms with E-state index >= 15 is 0 Å². The molecule has 1 spiro atoms. The molecule has 0 atom stereocenters. The Labute approximate surface area is 192 Å². The third-order valence-corrected chi connectivity index (χ3v) is 7.69. The lowest BCUT2D eigenvalue weighted by atomic mass is 9.50. The van der Waals surface area contributed by atoms with Gasteiger partial charge in [-0.25, -0.2) is 9.97 Å². The summed E-state index contributed by atoms with van der Waals surface area (Å²) in [5, 5.41) is 3.91. The van der Waals surface area contributed by atoms with E-state index < -0.39 is 0 Å². The number of carbonyl (C=O) groups is 1. The molecule has 1 aliphatic heterocycles. The molecule has 0 bridgehead atoms. The number of nitrogens with zero attached hydrogens (tertiary/aromatic N) is 3. The van der Waals surface area contributed by atoms with Crippen LogP contribution in [0, 0.1) is 5.41 Å². The summed E-state index contributed by atoms with van der Waals surface area (Å²) in [6, 6.07) is 9.57. The van der Waals surface area contributed by atoms with Gasteiger partial charge in [-0.2, -0.15) is 0 Å². The first kappa shape index (κ1) is 20.0.